The second kappa shape index (κ2) is 35.7. The van der Waals surface area contributed by atoms with E-state index in [0.29, 0.717) is 65.0 Å². The number of carboxylic acid groups (broad SMARTS) is 1. The lowest BCUT2D eigenvalue weighted by atomic mass is 9.74. The molecule has 3 unspecified atom stereocenters. The number of nitrogens with zero attached hydrogens (tertiary/aromatic N) is 8. The number of amides is 4. The van der Waals surface area contributed by atoms with E-state index in [1.165, 1.54) is 61.4 Å². The number of aromatic nitrogens is 6. The van der Waals surface area contributed by atoms with Crippen LogP contribution in [0.3, 0.4) is 0 Å². The van der Waals surface area contributed by atoms with Gasteiger partial charge in [0.15, 0.2) is 34.5 Å². The highest BCUT2D eigenvalue weighted by Gasteiger charge is 2.39. The molecule has 23 nitrogen and oxygen atoms in total. The van der Waals surface area contributed by atoms with Crippen LogP contribution >= 0.6 is 0 Å². The second-order valence-electron chi connectivity index (χ2n) is 24.4. The number of aromatic carboxylic acids is 1. The zero-order chi connectivity index (χ0) is 65.7. The Morgan fingerprint density at radius 2 is 0.871 bits per heavy atom. The number of hydrogen-bond acceptors (Lipinski definition) is 18. The van der Waals surface area contributed by atoms with Gasteiger partial charge in [0.1, 0.15) is 28.7 Å². The number of likely N-dealkylation sites (tertiary alicyclic amines) is 2. The molecule has 3 fully saturated rings. The molecule has 3 aromatic heterocycles. The first-order valence-electron chi connectivity index (χ1n) is 29.8. The molecule has 3 aliphatic rings. The number of nitrogen functional groups attached to an aromatic ring is 3. The molecular weight excluding hydrogens is 1200 g/mol. The van der Waals surface area contributed by atoms with E-state index < -0.39 is 28.5 Å². The molecule has 93 heavy (non-hydrogen) atoms. The van der Waals surface area contributed by atoms with Gasteiger partial charge >= 0.3 is 18.2 Å². The zero-order valence-corrected chi connectivity index (χ0v) is 51.9. The van der Waals surface area contributed by atoms with Crippen LogP contribution in [-0.2, 0) is 25.7 Å². The highest BCUT2D eigenvalue weighted by atomic mass is 19.1. The molecule has 6 heterocycles. The first-order valence-corrected chi connectivity index (χ1v) is 29.8. The molecule has 3 saturated heterocycles. The van der Waals surface area contributed by atoms with Crippen LogP contribution in [0.4, 0.5) is 40.2 Å². The molecule has 6 aromatic rings. The molecule has 508 valence electrons. The molecule has 4 amide bonds. The maximum absolute atomic E-state index is 14.1. The van der Waals surface area contributed by atoms with Crippen molar-refractivity contribution in [1.82, 2.24) is 55.7 Å². The summed E-state index contributed by atoms with van der Waals surface area (Å²) in [6, 6.07) is 19.7. The Morgan fingerprint density at radius 1 is 0.516 bits per heavy atom. The number of carboxylic acids is 1. The fourth-order valence-corrected chi connectivity index (χ4v) is 11.0. The Hall–Kier alpha value is -9.04. The normalized spacial score (nSPS) is 18.7. The predicted molar refractivity (Wildman–Crippen MR) is 354 cm³/mol. The summed E-state index contributed by atoms with van der Waals surface area (Å²) in [5.41, 5.74) is 23.0. The van der Waals surface area contributed by atoms with Crippen molar-refractivity contribution in [1.29, 1.82) is 0 Å². The van der Waals surface area contributed by atoms with E-state index in [0.717, 1.165) is 61.9 Å². The number of benzene rings is 3. The van der Waals surface area contributed by atoms with Crippen molar-refractivity contribution < 1.29 is 51.7 Å². The number of nitrogens with two attached hydrogens (primary N) is 4. The van der Waals surface area contributed by atoms with Gasteiger partial charge in [-0.15, -0.1) is 0 Å². The second-order valence-corrected chi connectivity index (χ2v) is 24.4. The molecule has 3 aromatic carbocycles. The topological polar surface area (TPSA) is 348 Å². The van der Waals surface area contributed by atoms with Crippen LogP contribution in [0.1, 0.15) is 170 Å². The molecule has 0 bridgehead atoms. The van der Waals surface area contributed by atoms with Crippen LogP contribution in [0.2, 0.25) is 0 Å². The fraction of sp³-hybridized carbons (Fsp3) is 0.478. The number of rotatable bonds is 11. The molecular formula is C67H96F3N15O8. The monoisotopic (exact) mass is 1300 g/mol. The van der Waals surface area contributed by atoms with Gasteiger partial charge in [-0.3, -0.25) is 9.59 Å². The van der Waals surface area contributed by atoms with Crippen molar-refractivity contribution in [2.75, 3.05) is 76.1 Å². The number of carbonyl (C=O) groups excluding carboxylic acids is 4. The van der Waals surface area contributed by atoms with Gasteiger partial charge in [-0.1, -0.05) is 58.7 Å². The SMILES string of the molecule is C.C.C.CC(C)(C)OC(=O)N1CCCC(CN)(c2cccc(F)c2)CC1.CC(C)(C)OC(=O)N1CCCC(CNC(=O)c2nccnc2N)(c2cccc(F)c2)CC1.Nc1nccnc1C(=O)NCC1(c2cccc(F)c2)CCCNCC1.Nc1nccnc1C(=O)O. The predicted octanol–water partition coefficient (Wildman–Crippen LogP) is 10.0. The molecule has 0 saturated carbocycles. The zero-order valence-electron chi connectivity index (χ0n) is 51.9. The maximum Gasteiger partial charge on any atom is 0.410 e. The van der Waals surface area contributed by atoms with E-state index in [2.05, 4.69) is 45.9 Å². The van der Waals surface area contributed by atoms with Gasteiger partial charge in [0.2, 0.25) is 0 Å². The van der Waals surface area contributed by atoms with E-state index >= 15 is 0 Å². The lowest BCUT2D eigenvalue weighted by Gasteiger charge is -2.34. The Kier molecular flexibility index (Phi) is 30.0. The quantitative estimate of drug-likeness (QED) is 0.0598. The van der Waals surface area contributed by atoms with Crippen molar-refractivity contribution in [3.05, 3.63) is 161 Å². The molecule has 3 aliphatic heterocycles. The van der Waals surface area contributed by atoms with Crippen LogP contribution < -0.4 is 38.9 Å². The van der Waals surface area contributed by atoms with Crippen molar-refractivity contribution >= 4 is 47.4 Å². The Balaban J connectivity index is 0.000000337. The third-order valence-corrected chi connectivity index (χ3v) is 15.7. The van der Waals surface area contributed by atoms with Gasteiger partial charge in [0.05, 0.1) is 0 Å². The van der Waals surface area contributed by atoms with Crippen molar-refractivity contribution in [2.45, 2.75) is 149 Å². The highest BCUT2D eigenvalue weighted by Crippen LogP contribution is 2.38. The van der Waals surface area contributed by atoms with Crippen LogP contribution in [0, 0.1) is 17.5 Å². The summed E-state index contributed by atoms with van der Waals surface area (Å²) in [6.45, 7) is 16.1. The van der Waals surface area contributed by atoms with Crippen LogP contribution in [0.15, 0.2) is 110 Å². The molecule has 0 spiro atoms. The fourth-order valence-electron chi connectivity index (χ4n) is 11.0. The minimum absolute atomic E-state index is 0. The number of carbonyl (C=O) groups is 5. The van der Waals surface area contributed by atoms with E-state index in [-0.39, 0.29) is 110 Å². The van der Waals surface area contributed by atoms with Crippen molar-refractivity contribution in [3.63, 3.8) is 0 Å². The molecule has 26 heteroatoms. The third-order valence-electron chi connectivity index (χ3n) is 15.7. The summed E-state index contributed by atoms with van der Waals surface area (Å²) in [5, 5.41) is 17.6. The average Bonchev–Trinajstić information content (AvgIpc) is 1.82. The minimum Gasteiger partial charge on any atom is -0.476 e. The summed E-state index contributed by atoms with van der Waals surface area (Å²) < 4.78 is 52.4. The maximum atomic E-state index is 14.1. The summed E-state index contributed by atoms with van der Waals surface area (Å²) in [5.74, 6) is -2.75. The van der Waals surface area contributed by atoms with E-state index in [9.17, 15) is 37.1 Å². The van der Waals surface area contributed by atoms with Crippen molar-refractivity contribution in [3.8, 4) is 0 Å². The number of halogens is 3. The third kappa shape index (κ3) is 22.9. The summed E-state index contributed by atoms with van der Waals surface area (Å²) in [4.78, 5) is 86.5. The lowest BCUT2D eigenvalue weighted by molar-refractivity contribution is 0.0243. The number of hydrogen-bond donors (Lipinski definition) is 8. The summed E-state index contributed by atoms with van der Waals surface area (Å²) in [6.07, 6.45) is 14.5. The number of nitrogens with one attached hydrogen (secondary N) is 3. The molecule has 0 aliphatic carbocycles. The smallest absolute Gasteiger partial charge is 0.410 e. The standard InChI is InChI=1S/C23H30FN5O3.C18H22FN5O.C18H27FN2O2.C5H5N3O2.3CH4/c1-22(2,3)32-21(31)29-12-5-8-23(9-13-29,16-6-4-7-17(24)14-16)15-28-20(30)18-19(25)27-11-10-26-18;19-14-4-1-3-13(11-14)18(5-2-7-21-8-6-18)12-24-17(25)15-16(20)23-10-9-22-15;1-17(2,3)23-16(22)21-10-5-8-18(13-20,9-11-21)14-6-4-7-15(19)12-14;6-4-3(5(9)10)7-1-2-8-4;;;/h4,6-7,10-11,14H,5,8-9,12-13,15H2,1-3H3,(H2,25,27)(H,28,30);1,3-4,9-11,21H,2,5-8,12H2,(H2,20,23)(H,24,25);4,6-7,12H,5,8-11,13,20H2,1-3H3;1-2H,(H2,6,8)(H,9,10);3*1H4. The first-order chi connectivity index (χ1) is 42.7. The summed E-state index contributed by atoms with van der Waals surface area (Å²) in [7, 11) is 0. The first kappa shape index (κ1) is 78.2. The summed E-state index contributed by atoms with van der Waals surface area (Å²) >= 11 is 0. The van der Waals surface area contributed by atoms with Crippen LogP contribution in [-0.4, -0.2) is 145 Å². The lowest BCUT2D eigenvalue weighted by Crippen LogP contribution is -2.43. The number of anilines is 3. The minimum atomic E-state index is -1.16. The van der Waals surface area contributed by atoms with E-state index in [1.807, 2.05) is 59.7 Å². The van der Waals surface area contributed by atoms with Gasteiger partial charge in [-0.25, -0.2) is 57.5 Å². The van der Waals surface area contributed by atoms with Crippen LogP contribution in [0.25, 0.3) is 0 Å². The number of ether oxygens (including phenoxy) is 2. The van der Waals surface area contributed by atoms with Gasteiger partial charge in [-0.2, -0.15) is 0 Å². The van der Waals surface area contributed by atoms with Gasteiger partial charge < -0.3 is 63.3 Å². The van der Waals surface area contributed by atoms with Crippen LogP contribution in [0.5, 0.6) is 0 Å². The molecule has 9 rings (SSSR count). The van der Waals surface area contributed by atoms with Crippen molar-refractivity contribution in [2.24, 2.45) is 5.73 Å². The van der Waals surface area contributed by atoms with E-state index in [1.54, 1.807) is 40.1 Å². The highest BCUT2D eigenvalue weighted by molar-refractivity contribution is 5.97. The molecule has 12 N–H and O–H groups in total. The average molecular weight is 1300 g/mol. The van der Waals surface area contributed by atoms with Gasteiger partial charge in [0, 0.05) is 99.2 Å². The van der Waals surface area contributed by atoms with E-state index in [4.69, 9.17) is 37.5 Å². The Bertz CT molecular complexity index is 3380. The molecule has 0 radical (unpaired) electrons. The van der Waals surface area contributed by atoms with Gasteiger partial charge in [-0.05, 0) is 166 Å². The Labute approximate surface area is 544 Å². The molecule has 3 atom stereocenters. The Morgan fingerprint density at radius 3 is 1.24 bits per heavy atom. The largest absolute Gasteiger partial charge is 0.476 e. The van der Waals surface area contributed by atoms with Gasteiger partial charge in [0.25, 0.3) is 11.8 Å².